The first kappa shape index (κ1) is 22.0. The molecule has 0 fully saturated rings. The van der Waals surface area contributed by atoms with E-state index < -0.39 is 0 Å². The highest BCUT2D eigenvalue weighted by atomic mass is 35.5. The normalized spacial score (nSPS) is 12.6. The number of benzene rings is 2. The molecule has 0 bridgehead atoms. The molecule has 2 aromatic carbocycles. The van der Waals surface area contributed by atoms with Crippen molar-refractivity contribution < 1.29 is 14.3 Å². The van der Waals surface area contributed by atoms with Gasteiger partial charge in [-0.25, -0.2) is 0 Å². The van der Waals surface area contributed by atoms with Crippen LogP contribution >= 0.6 is 12.4 Å². The largest absolute Gasteiger partial charge is 0.496 e. The molecule has 0 aliphatic rings. The summed E-state index contributed by atoms with van der Waals surface area (Å²) in [6.45, 7) is 4.08. The molecule has 0 aliphatic carbocycles. The first-order valence-electron chi connectivity index (χ1n) is 8.69. The highest BCUT2D eigenvalue weighted by Gasteiger charge is 2.18. The van der Waals surface area contributed by atoms with Crippen molar-refractivity contribution in [3.63, 3.8) is 0 Å². The van der Waals surface area contributed by atoms with Crippen LogP contribution < -0.4 is 10.5 Å². The molecule has 0 heterocycles. The van der Waals surface area contributed by atoms with Gasteiger partial charge in [0, 0.05) is 11.6 Å². The molecular formula is C21H28ClNO3. The smallest absolute Gasteiger partial charge is 0.308 e. The molecule has 0 spiro atoms. The zero-order valence-corrected chi connectivity index (χ0v) is 16.4. The van der Waals surface area contributed by atoms with Crippen molar-refractivity contribution in [2.75, 3.05) is 13.7 Å². The number of esters is 1. The summed E-state index contributed by atoms with van der Waals surface area (Å²) in [6, 6.07) is 16.2. The van der Waals surface area contributed by atoms with Gasteiger partial charge in [0.1, 0.15) is 5.75 Å². The third-order valence-corrected chi connectivity index (χ3v) is 4.22. The van der Waals surface area contributed by atoms with E-state index in [2.05, 4.69) is 24.3 Å². The van der Waals surface area contributed by atoms with Crippen LogP contribution in [0.1, 0.15) is 25.8 Å². The lowest BCUT2D eigenvalue weighted by atomic mass is 9.95. The minimum atomic E-state index is -0.178. The predicted molar refractivity (Wildman–Crippen MR) is 108 cm³/mol. The van der Waals surface area contributed by atoms with Crippen LogP contribution in [-0.2, 0) is 16.0 Å². The number of ether oxygens (including phenoxy) is 2. The van der Waals surface area contributed by atoms with Gasteiger partial charge in [0.15, 0.2) is 0 Å². The van der Waals surface area contributed by atoms with E-state index in [1.54, 1.807) is 7.11 Å². The Hall–Kier alpha value is -2.04. The van der Waals surface area contributed by atoms with Gasteiger partial charge in [-0.2, -0.15) is 0 Å². The van der Waals surface area contributed by atoms with Crippen molar-refractivity contribution in [3.05, 3.63) is 54.1 Å². The topological polar surface area (TPSA) is 61.5 Å². The Morgan fingerprint density at radius 1 is 1.12 bits per heavy atom. The van der Waals surface area contributed by atoms with E-state index in [9.17, 15) is 4.79 Å². The molecule has 5 heteroatoms. The summed E-state index contributed by atoms with van der Waals surface area (Å²) in [5.41, 5.74) is 9.54. The average molecular weight is 378 g/mol. The Kier molecular flexibility index (Phi) is 9.17. The van der Waals surface area contributed by atoms with E-state index in [0.717, 1.165) is 28.9 Å². The van der Waals surface area contributed by atoms with Crippen LogP contribution in [0.4, 0.5) is 0 Å². The molecule has 0 radical (unpaired) electrons. The van der Waals surface area contributed by atoms with E-state index in [1.165, 1.54) is 0 Å². The number of methoxy groups -OCH3 is 1. The lowest BCUT2D eigenvalue weighted by Crippen LogP contribution is -2.29. The van der Waals surface area contributed by atoms with Crippen molar-refractivity contribution >= 4 is 18.4 Å². The lowest BCUT2D eigenvalue weighted by molar-refractivity contribution is -0.147. The van der Waals surface area contributed by atoms with Crippen molar-refractivity contribution in [1.82, 2.24) is 0 Å². The summed E-state index contributed by atoms with van der Waals surface area (Å²) in [5, 5.41) is 0. The molecule has 2 atom stereocenters. The fourth-order valence-corrected chi connectivity index (χ4v) is 2.92. The van der Waals surface area contributed by atoms with Gasteiger partial charge in [-0.05, 0) is 37.0 Å². The Morgan fingerprint density at radius 3 is 2.38 bits per heavy atom. The molecular weight excluding hydrogens is 350 g/mol. The van der Waals surface area contributed by atoms with Crippen LogP contribution in [0, 0.1) is 5.92 Å². The number of nitrogens with two attached hydrogens (primary N) is 1. The molecule has 0 aliphatic heterocycles. The first-order chi connectivity index (χ1) is 12.0. The van der Waals surface area contributed by atoms with Crippen LogP contribution in [0.3, 0.4) is 0 Å². The standard InChI is InChI=1S/C21H27NO3.ClH/c1-4-25-21(23)15(2)13-18(22)14-16-9-11-17(12-10-16)19-7-5-6-8-20(19)24-3;/h5-12,15,18H,4,13-14,22H2,1-3H3;1H. The average Bonchev–Trinajstić information content (AvgIpc) is 2.62. The SMILES string of the molecule is CCOC(=O)C(C)CC(N)Cc1ccc(-c2ccccc2OC)cc1.Cl. The molecule has 4 nitrogen and oxygen atoms in total. The molecule has 2 unspecified atom stereocenters. The van der Waals surface area contributed by atoms with Gasteiger partial charge in [-0.3, -0.25) is 4.79 Å². The van der Waals surface area contributed by atoms with Gasteiger partial charge in [-0.1, -0.05) is 49.4 Å². The Balaban J connectivity index is 0.00000338. The number of hydrogen-bond acceptors (Lipinski definition) is 4. The Morgan fingerprint density at radius 2 is 1.77 bits per heavy atom. The number of hydrogen-bond donors (Lipinski definition) is 1. The first-order valence-corrected chi connectivity index (χ1v) is 8.69. The van der Waals surface area contributed by atoms with E-state index in [0.29, 0.717) is 13.0 Å². The lowest BCUT2D eigenvalue weighted by Gasteiger charge is -2.16. The molecule has 142 valence electrons. The van der Waals surface area contributed by atoms with Gasteiger partial charge >= 0.3 is 5.97 Å². The third-order valence-electron chi connectivity index (χ3n) is 4.22. The van der Waals surface area contributed by atoms with E-state index in [4.69, 9.17) is 15.2 Å². The molecule has 26 heavy (non-hydrogen) atoms. The number of halogens is 1. The van der Waals surface area contributed by atoms with E-state index >= 15 is 0 Å². The maximum Gasteiger partial charge on any atom is 0.308 e. The molecule has 2 rings (SSSR count). The van der Waals surface area contributed by atoms with Crippen LogP contribution in [-0.4, -0.2) is 25.7 Å². The maximum absolute atomic E-state index is 11.7. The minimum absolute atomic E-state index is 0. The fourth-order valence-electron chi connectivity index (χ4n) is 2.92. The fraction of sp³-hybridized carbons (Fsp3) is 0.381. The summed E-state index contributed by atoms with van der Waals surface area (Å²) >= 11 is 0. The van der Waals surface area contributed by atoms with Gasteiger partial charge in [0.2, 0.25) is 0 Å². The third kappa shape index (κ3) is 6.04. The van der Waals surface area contributed by atoms with Gasteiger partial charge in [0.05, 0.1) is 19.6 Å². The summed E-state index contributed by atoms with van der Waals surface area (Å²) < 4.78 is 10.5. The second kappa shape index (κ2) is 10.8. The molecule has 0 saturated carbocycles. The monoisotopic (exact) mass is 377 g/mol. The van der Waals surface area contributed by atoms with Crippen molar-refractivity contribution in [2.24, 2.45) is 11.7 Å². The minimum Gasteiger partial charge on any atom is -0.496 e. The predicted octanol–water partition coefficient (Wildman–Crippen LogP) is 4.24. The van der Waals surface area contributed by atoms with Gasteiger partial charge < -0.3 is 15.2 Å². The van der Waals surface area contributed by atoms with Crippen molar-refractivity contribution in [2.45, 2.75) is 32.7 Å². The number of carbonyl (C=O) groups excluding carboxylic acids is 1. The van der Waals surface area contributed by atoms with Crippen LogP contribution in [0.25, 0.3) is 11.1 Å². The summed E-state index contributed by atoms with van der Waals surface area (Å²) in [5.74, 6) is 0.502. The molecule has 0 amide bonds. The second-order valence-corrected chi connectivity index (χ2v) is 6.25. The maximum atomic E-state index is 11.7. The van der Waals surface area contributed by atoms with Gasteiger partial charge in [-0.15, -0.1) is 12.4 Å². The Bertz CT molecular complexity index is 688. The summed E-state index contributed by atoms with van der Waals surface area (Å²) in [4.78, 5) is 11.7. The molecule has 0 saturated heterocycles. The van der Waals surface area contributed by atoms with Crippen molar-refractivity contribution in [1.29, 1.82) is 0 Å². The van der Waals surface area contributed by atoms with Crippen LogP contribution in [0.15, 0.2) is 48.5 Å². The number of para-hydroxylation sites is 1. The molecule has 2 aromatic rings. The summed E-state index contributed by atoms with van der Waals surface area (Å²) in [7, 11) is 1.68. The molecule has 0 aromatic heterocycles. The zero-order chi connectivity index (χ0) is 18.2. The highest BCUT2D eigenvalue weighted by molar-refractivity contribution is 5.85. The van der Waals surface area contributed by atoms with E-state index in [1.807, 2.05) is 38.1 Å². The summed E-state index contributed by atoms with van der Waals surface area (Å²) in [6.07, 6.45) is 1.35. The van der Waals surface area contributed by atoms with Crippen molar-refractivity contribution in [3.8, 4) is 16.9 Å². The highest BCUT2D eigenvalue weighted by Crippen LogP contribution is 2.29. The number of rotatable bonds is 8. The quantitative estimate of drug-likeness (QED) is 0.699. The zero-order valence-electron chi connectivity index (χ0n) is 15.6. The number of carbonyl (C=O) groups is 1. The van der Waals surface area contributed by atoms with E-state index in [-0.39, 0.29) is 30.3 Å². The Labute approximate surface area is 162 Å². The van der Waals surface area contributed by atoms with Crippen LogP contribution in [0.5, 0.6) is 5.75 Å². The van der Waals surface area contributed by atoms with Gasteiger partial charge in [0.25, 0.3) is 0 Å². The molecule has 2 N–H and O–H groups in total. The van der Waals surface area contributed by atoms with Crippen LogP contribution in [0.2, 0.25) is 0 Å². The second-order valence-electron chi connectivity index (χ2n) is 6.25.